The summed E-state index contributed by atoms with van der Waals surface area (Å²) in [6.07, 6.45) is 0. The zero-order valence-corrected chi connectivity index (χ0v) is 7.67. The molecule has 0 fully saturated rings. The van der Waals surface area contributed by atoms with Gasteiger partial charge in [0.2, 0.25) is 0 Å². The summed E-state index contributed by atoms with van der Waals surface area (Å²) < 4.78 is 0. The molecule has 0 atom stereocenters. The van der Waals surface area contributed by atoms with Gasteiger partial charge in [0.05, 0.1) is 0 Å². The second-order valence-corrected chi connectivity index (χ2v) is 3.77. The second kappa shape index (κ2) is 3.25. The van der Waals surface area contributed by atoms with Crippen molar-refractivity contribution in [2.24, 2.45) is 11.5 Å². The third-order valence-electron chi connectivity index (χ3n) is 1.74. The van der Waals surface area contributed by atoms with Crippen LogP contribution in [0.15, 0.2) is 24.3 Å². The molecule has 0 spiro atoms. The van der Waals surface area contributed by atoms with Gasteiger partial charge in [-0.1, -0.05) is 24.3 Å². The van der Waals surface area contributed by atoms with Crippen molar-refractivity contribution in [3.63, 3.8) is 0 Å². The van der Waals surface area contributed by atoms with E-state index in [9.17, 15) is 0 Å². The van der Waals surface area contributed by atoms with E-state index in [2.05, 4.69) is 24.3 Å². The quantitative estimate of drug-likeness (QED) is 0.668. The number of hydrogen-bond acceptors (Lipinski definition) is 2. The van der Waals surface area contributed by atoms with Crippen LogP contribution < -0.4 is 11.5 Å². The van der Waals surface area contributed by atoms with Crippen molar-refractivity contribution >= 4 is 0 Å². The van der Waals surface area contributed by atoms with Crippen LogP contribution in [-0.4, -0.2) is 12.1 Å². The van der Waals surface area contributed by atoms with E-state index < -0.39 is 0 Å². The molecule has 2 nitrogen and oxygen atoms in total. The number of benzene rings is 1. The number of hydrogen-bond donors (Lipinski definition) is 2. The van der Waals surface area contributed by atoms with E-state index in [-0.39, 0.29) is 5.54 Å². The molecule has 0 saturated carbocycles. The zero-order valence-electron chi connectivity index (χ0n) is 7.67. The fourth-order valence-corrected chi connectivity index (χ4v) is 0.663. The molecule has 0 aromatic carbocycles. The van der Waals surface area contributed by atoms with Gasteiger partial charge in [0.15, 0.2) is 0 Å². The van der Waals surface area contributed by atoms with Gasteiger partial charge in [-0.15, -0.1) is 0 Å². The lowest BCUT2D eigenvalue weighted by molar-refractivity contribution is 0.532. The Morgan fingerprint density at radius 3 is 1.33 bits per heavy atom. The van der Waals surface area contributed by atoms with Crippen molar-refractivity contribution in [2.45, 2.75) is 19.4 Å². The monoisotopic (exact) mass is 164 g/mol. The highest BCUT2D eigenvalue weighted by atomic mass is 14.8. The summed E-state index contributed by atoms with van der Waals surface area (Å²) in [5.74, 6) is 0. The topological polar surface area (TPSA) is 52.0 Å². The van der Waals surface area contributed by atoms with Gasteiger partial charge in [0.1, 0.15) is 0 Å². The van der Waals surface area contributed by atoms with Crippen LogP contribution in [0.5, 0.6) is 0 Å². The summed E-state index contributed by atoms with van der Waals surface area (Å²) in [6.45, 7) is 4.34. The maximum Gasteiger partial charge on any atom is 0.0221 e. The third-order valence-corrected chi connectivity index (χ3v) is 1.74. The highest BCUT2D eigenvalue weighted by Crippen LogP contribution is 2.29. The third kappa shape index (κ3) is 2.32. The number of nitrogens with two attached hydrogens (primary N) is 2. The number of fused-ring (bicyclic) bond motifs is 1. The molecular weight excluding hydrogens is 148 g/mol. The molecule has 12 heavy (non-hydrogen) atoms. The first-order valence-corrected chi connectivity index (χ1v) is 4.12. The molecule has 66 valence electrons. The number of rotatable bonds is 1. The van der Waals surface area contributed by atoms with Gasteiger partial charge in [-0.3, -0.25) is 0 Å². The molecule has 0 heterocycles. The molecule has 0 aromatic heterocycles. The molecule has 0 aromatic rings. The second-order valence-electron chi connectivity index (χ2n) is 3.77. The summed E-state index contributed by atoms with van der Waals surface area (Å²) in [7, 11) is 0. The smallest absolute Gasteiger partial charge is 0.0221 e. The SMILES string of the molecule is CC(C)(N)CN.c1cc2ccc1-2. The maximum absolute atomic E-state index is 5.41. The molecule has 4 N–H and O–H groups in total. The van der Waals surface area contributed by atoms with E-state index in [4.69, 9.17) is 11.5 Å². The first-order valence-electron chi connectivity index (χ1n) is 4.12. The summed E-state index contributed by atoms with van der Waals surface area (Å²) >= 11 is 0. The minimum absolute atomic E-state index is 0.181. The average Bonchev–Trinajstić information content (AvgIpc) is 1.96. The Labute approximate surface area is 73.6 Å². The molecule has 2 heteroatoms. The van der Waals surface area contributed by atoms with E-state index in [1.54, 1.807) is 0 Å². The standard InChI is InChI=1S/C6H4.C4H12N2/c1-2-6-4-3-5(1)6;1-4(2,6)3-5/h1-4H;3,5-6H2,1-2H3. The summed E-state index contributed by atoms with van der Waals surface area (Å²) in [5.41, 5.74) is 13.3. The minimum atomic E-state index is -0.181. The van der Waals surface area contributed by atoms with Crippen molar-refractivity contribution in [3.05, 3.63) is 24.3 Å². The van der Waals surface area contributed by atoms with Crippen LogP contribution in [0.3, 0.4) is 0 Å². The average molecular weight is 164 g/mol. The van der Waals surface area contributed by atoms with E-state index in [1.165, 1.54) is 11.1 Å². The van der Waals surface area contributed by atoms with Crippen molar-refractivity contribution in [1.29, 1.82) is 0 Å². The molecule has 2 rings (SSSR count). The molecule has 0 aliphatic heterocycles. The van der Waals surface area contributed by atoms with Gasteiger partial charge >= 0.3 is 0 Å². The van der Waals surface area contributed by atoms with Gasteiger partial charge in [0, 0.05) is 12.1 Å². The summed E-state index contributed by atoms with van der Waals surface area (Å²) in [5, 5.41) is 0. The lowest BCUT2D eigenvalue weighted by Crippen LogP contribution is -2.40. The Morgan fingerprint density at radius 1 is 1.08 bits per heavy atom. The lowest BCUT2D eigenvalue weighted by atomic mass is 9.95. The summed E-state index contributed by atoms with van der Waals surface area (Å²) in [6, 6.07) is 8.48. The van der Waals surface area contributed by atoms with Crippen molar-refractivity contribution < 1.29 is 0 Å². The van der Waals surface area contributed by atoms with E-state index in [0.717, 1.165) is 0 Å². The maximum atomic E-state index is 5.41. The van der Waals surface area contributed by atoms with Crippen LogP contribution in [0.2, 0.25) is 0 Å². The Balaban J connectivity index is 0.000000120. The van der Waals surface area contributed by atoms with E-state index in [1.807, 2.05) is 13.8 Å². The molecule has 2 aliphatic carbocycles. The highest BCUT2D eigenvalue weighted by Gasteiger charge is 2.04. The predicted octanol–water partition coefficient (Wildman–Crippen LogP) is 1.35. The fourth-order valence-electron chi connectivity index (χ4n) is 0.663. The van der Waals surface area contributed by atoms with Gasteiger partial charge in [-0.25, -0.2) is 0 Å². The normalized spacial score (nSPS) is 11.7. The highest BCUT2D eigenvalue weighted by molar-refractivity contribution is 5.75. The van der Waals surface area contributed by atoms with Crippen LogP contribution in [0, 0.1) is 0 Å². The predicted molar refractivity (Wildman–Crippen MR) is 52.8 cm³/mol. The molecule has 2 aliphatic rings. The van der Waals surface area contributed by atoms with E-state index >= 15 is 0 Å². The molecule has 0 amide bonds. The molecule has 0 radical (unpaired) electrons. The van der Waals surface area contributed by atoms with E-state index in [0.29, 0.717) is 6.54 Å². The van der Waals surface area contributed by atoms with Crippen LogP contribution in [-0.2, 0) is 0 Å². The largest absolute Gasteiger partial charge is 0.329 e. The van der Waals surface area contributed by atoms with Gasteiger partial charge in [-0.05, 0) is 25.0 Å². The van der Waals surface area contributed by atoms with Crippen molar-refractivity contribution in [2.75, 3.05) is 6.54 Å². The Kier molecular flexibility index (Phi) is 2.50. The molecule has 0 bridgehead atoms. The van der Waals surface area contributed by atoms with Gasteiger partial charge in [-0.2, -0.15) is 0 Å². The fraction of sp³-hybridized carbons (Fsp3) is 0.400. The Morgan fingerprint density at radius 2 is 1.33 bits per heavy atom. The zero-order chi connectivity index (χ0) is 9.19. The molecular formula is C10H16N2. The first kappa shape index (κ1) is 9.23. The Bertz CT molecular complexity index is 223. The van der Waals surface area contributed by atoms with Gasteiger partial charge < -0.3 is 11.5 Å². The first-order chi connectivity index (χ1) is 5.53. The van der Waals surface area contributed by atoms with Crippen LogP contribution in [0.4, 0.5) is 0 Å². The minimum Gasteiger partial charge on any atom is -0.329 e. The molecule has 0 unspecified atom stereocenters. The summed E-state index contributed by atoms with van der Waals surface area (Å²) in [4.78, 5) is 0. The van der Waals surface area contributed by atoms with Crippen LogP contribution in [0.1, 0.15) is 13.8 Å². The van der Waals surface area contributed by atoms with Crippen LogP contribution in [0.25, 0.3) is 11.1 Å². The van der Waals surface area contributed by atoms with Gasteiger partial charge in [0.25, 0.3) is 0 Å². The molecule has 0 saturated heterocycles. The van der Waals surface area contributed by atoms with Crippen molar-refractivity contribution in [3.8, 4) is 11.1 Å². The van der Waals surface area contributed by atoms with Crippen molar-refractivity contribution in [1.82, 2.24) is 0 Å². The van der Waals surface area contributed by atoms with Crippen LogP contribution >= 0.6 is 0 Å². The lowest BCUT2D eigenvalue weighted by Gasteiger charge is -2.13. The Hall–Kier alpha value is -0.860.